The van der Waals surface area contributed by atoms with Gasteiger partial charge in [-0.15, -0.1) is 12.4 Å². The highest BCUT2D eigenvalue weighted by Crippen LogP contribution is 2.08. The fourth-order valence-electron chi connectivity index (χ4n) is 0.660. The molecule has 5 nitrogen and oxygen atoms in total. The van der Waals surface area contributed by atoms with Crippen molar-refractivity contribution in [1.82, 2.24) is 4.90 Å². The summed E-state index contributed by atoms with van der Waals surface area (Å²) < 4.78 is 5.04. The van der Waals surface area contributed by atoms with E-state index >= 15 is 0 Å². The lowest BCUT2D eigenvalue weighted by Gasteiger charge is -2.24. The van der Waals surface area contributed by atoms with Crippen molar-refractivity contribution in [3.05, 3.63) is 0 Å². The lowest BCUT2D eigenvalue weighted by molar-refractivity contribution is 0.0323. The second kappa shape index (κ2) is 5.70. The van der Waals surface area contributed by atoms with Crippen molar-refractivity contribution in [2.45, 2.75) is 26.4 Å². The SMILES string of the molecule is CN(CC(=N)N)C(=O)OC(C)(C)C.Cl. The van der Waals surface area contributed by atoms with Crippen molar-refractivity contribution in [2.75, 3.05) is 13.6 Å². The van der Waals surface area contributed by atoms with Crippen molar-refractivity contribution in [3.63, 3.8) is 0 Å². The minimum atomic E-state index is -0.512. The Morgan fingerprint density at radius 1 is 1.50 bits per heavy atom. The Morgan fingerprint density at radius 2 is 1.93 bits per heavy atom. The Morgan fingerprint density at radius 3 is 2.21 bits per heavy atom. The summed E-state index contributed by atoms with van der Waals surface area (Å²) in [5.74, 6) is -0.0617. The molecule has 0 bridgehead atoms. The second-order valence-corrected chi connectivity index (χ2v) is 3.86. The van der Waals surface area contributed by atoms with Gasteiger partial charge in [-0.3, -0.25) is 5.41 Å². The molecule has 0 rings (SSSR count). The summed E-state index contributed by atoms with van der Waals surface area (Å²) in [6.07, 6.45) is -0.470. The minimum Gasteiger partial charge on any atom is -0.444 e. The molecule has 0 spiro atoms. The quantitative estimate of drug-likeness (QED) is 0.546. The maximum absolute atomic E-state index is 11.2. The van der Waals surface area contributed by atoms with Gasteiger partial charge in [-0.05, 0) is 20.8 Å². The van der Waals surface area contributed by atoms with Gasteiger partial charge in [-0.1, -0.05) is 0 Å². The van der Waals surface area contributed by atoms with E-state index in [-0.39, 0.29) is 24.8 Å². The first kappa shape index (κ1) is 15.5. The largest absolute Gasteiger partial charge is 0.444 e. The molecule has 0 aliphatic carbocycles. The topological polar surface area (TPSA) is 79.4 Å². The average molecular weight is 224 g/mol. The Labute approximate surface area is 90.5 Å². The lowest BCUT2D eigenvalue weighted by Crippen LogP contribution is -2.38. The number of rotatable bonds is 2. The molecule has 6 heteroatoms. The minimum absolute atomic E-state index is 0. The average Bonchev–Trinajstić information content (AvgIpc) is 1.81. The van der Waals surface area contributed by atoms with Gasteiger partial charge in [-0.2, -0.15) is 0 Å². The molecule has 0 aliphatic heterocycles. The number of likely N-dealkylation sites (N-methyl/N-ethyl adjacent to an activating group) is 1. The van der Waals surface area contributed by atoms with E-state index in [1.807, 2.05) is 0 Å². The Balaban J connectivity index is 0. The third-order valence-corrected chi connectivity index (χ3v) is 1.11. The number of hydrogen-bond donors (Lipinski definition) is 2. The van der Waals surface area contributed by atoms with Crippen molar-refractivity contribution in [3.8, 4) is 0 Å². The molecule has 0 fully saturated rings. The lowest BCUT2D eigenvalue weighted by atomic mass is 10.2. The number of ether oxygens (including phenoxy) is 1. The van der Waals surface area contributed by atoms with E-state index in [0.29, 0.717) is 0 Å². The Kier molecular flexibility index (Phi) is 6.31. The third kappa shape index (κ3) is 7.67. The highest BCUT2D eigenvalue weighted by molar-refractivity contribution is 5.85. The molecule has 0 unspecified atom stereocenters. The molecule has 0 radical (unpaired) electrons. The summed E-state index contributed by atoms with van der Waals surface area (Å²) in [5, 5.41) is 6.98. The van der Waals surface area contributed by atoms with Crippen molar-refractivity contribution in [1.29, 1.82) is 5.41 Å². The van der Waals surface area contributed by atoms with E-state index in [2.05, 4.69) is 0 Å². The molecule has 0 atom stereocenters. The zero-order valence-electron chi connectivity index (χ0n) is 8.96. The number of halogens is 1. The fourth-order valence-corrected chi connectivity index (χ4v) is 0.660. The van der Waals surface area contributed by atoms with Crippen LogP contribution in [-0.2, 0) is 4.74 Å². The summed E-state index contributed by atoms with van der Waals surface area (Å²) >= 11 is 0. The normalized spacial score (nSPS) is 10.0. The molecule has 0 aromatic rings. The van der Waals surface area contributed by atoms with Crippen LogP contribution in [-0.4, -0.2) is 36.0 Å². The van der Waals surface area contributed by atoms with E-state index in [1.54, 1.807) is 20.8 Å². The molecular weight excluding hydrogens is 206 g/mol. The van der Waals surface area contributed by atoms with Crippen LogP contribution in [0.4, 0.5) is 4.79 Å². The Hall–Kier alpha value is -0.970. The van der Waals surface area contributed by atoms with Gasteiger partial charge in [0.15, 0.2) is 0 Å². The van der Waals surface area contributed by atoms with Crippen LogP contribution in [0.3, 0.4) is 0 Å². The molecule has 84 valence electrons. The number of nitrogens with one attached hydrogen (secondary N) is 1. The standard InChI is InChI=1S/C8H17N3O2.ClH/c1-8(2,3)13-7(12)11(4)5-6(9)10;/h5H2,1-4H3,(H3,9,10);1H. The molecular formula is C8H18ClN3O2. The Bertz CT molecular complexity index is 213. The summed E-state index contributed by atoms with van der Waals surface area (Å²) in [4.78, 5) is 12.5. The molecule has 1 amide bonds. The molecule has 14 heavy (non-hydrogen) atoms. The van der Waals surface area contributed by atoms with Crippen molar-refractivity contribution >= 4 is 24.3 Å². The van der Waals surface area contributed by atoms with E-state index < -0.39 is 11.7 Å². The van der Waals surface area contributed by atoms with Gasteiger partial charge in [0.05, 0.1) is 6.54 Å². The maximum Gasteiger partial charge on any atom is 0.410 e. The summed E-state index contributed by atoms with van der Waals surface area (Å²) in [6, 6.07) is 0. The zero-order valence-corrected chi connectivity index (χ0v) is 9.77. The van der Waals surface area contributed by atoms with Crippen molar-refractivity contribution in [2.24, 2.45) is 5.73 Å². The van der Waals surface area contributed by atoms with Gasteiger partial charge in [0.2, 0.25) is 0 Å². The molecule has 0 saturated carbocycles. The zero-order chi connectivity index (χ0) is 10.6. The van der Waals surface area contributed by atoms with E-state index in [4.69, 9.17) is 15.9 Å². The summed E-state index contributed by atoms with van der Waals surface area (Å²) in [6.45, 7) is 5.44. The van der Waals surface area contributed by atoms with Gasteiger partial charge >= 0.3 is 6.09 Å². The summed E-state index contributed by atoms with van der Waals surface area (Å²) in [5.41, 5.74) is 4.62. The third-order valence-electron chi connectivity index (χ3n) is 1.11. The number of amides is 1. The van der Waals surface area contributed by atoms with Crippen LogP contribution in [0.5, 0.6) is 0 Å². The molecule has 3 N–H and O–H groups in total. The number of nitrogens with zero attached hydrogens (tertiary/aromatic N) is 1. The molecule has 0 heterocycles. The molecule has 0 aromatic heterocycles. The smallest absolute Gasteiger partial charge is 0.410 e. The predicted molar refractivity (Wildman–Crippen MR) is 58.0 cm³/mol. The number of amidine groups is 1. The van der Waals surface area contributed by atoms with Crippen LogP contribution in [0.1, 0.15) is 20.8 Å². The molecule has 0 aromatic carbocycles. The van der Waals surface area contributed by atoms with Crippen molar-refractivity contribution < 1.29 is 9.53 Å². The van der Waals surface area contributed by atoms with Gasteiger partial charge in [0, 0.05) is 7.05 Å². The monoisotopic (exact) mass is 223 g/mol. The van der Waals surface area contributed by atoms with Crippen LogP contribution in [0.15, 0.2) is 0 Å². The number of hydrogen-bond acceptors (Lipinski definition) is 3. The van der Waals surface area contributed by atoms with Gasteiger partial charge in [0.25, 0.3) is 0 Å². The van der Waals surface area contributed by atoms with E-state index in [1.165, 1.54) is 11.9 Å². The summed E-state index contributed by atoms with van der Waals surface area (Å²) in [7, 11) is 1.54. The fraction of sp³-hybridized carbons (Fsp3) is 0.750. The van der Waals surface area contributed by atoms with Crippen LogP contribution in [0.25, 0.3) is 0 Å². The van der Waals surface area contributed by atoms with Crippen LogP contribution < -0.4 is 5.73 Å². The van der Waals surface area contributed by atoms with Crippen LogP contribution in [0, 0.1) is 5.41 Å². The first-order valence-electron chi connectivity index (χ1n) is 3.99. The maximum atomic E-state index is 11.2. The van der Waals surface area contributed by atoms with E-state index in [9.17, 15) is 4.79 Å². The van der Waals surface area contributed by atoms with Crippen LogP contribution >= 0.6 is 12.4 Å². The van der Waals surface area contributed by atoms with Crippen LogP contribution in [0.2, 0.25) is 0 Å². The first-order valence-corrected chi connectivity index (χ1v) is 3.99. The van der Waals surface area contributed by atoms with Gasteiger partial charge in [0.1, 0.15) is 11.4 Å². The number of nitrogens with two attached hydrogens (primary N) is 1. The second-order valence-electron chi connectivity index (χ2n) is 3.86. The highest BCUT2D eigenvalue weighted by Gasteiger charge is 2.19. The number of carbonyl (C=O) groups excluding carboxylic acids is 1. The number of carbonyl (C=O) groups is 1. The highest BCUT2D eigenvalue weighted by atomic mass is 35.5. The predicted octanol–water partition coefficient (Wildman–Crippen LogP) is 1.21. The molecule has 0 aliphatic rings. The van der Waals surface area contributed by atoms with Gasteiger partial charge in [-0.25, -0.2) is 4.79 Å². The van der Waals surface area contributed by atoms with E-state index in [0.717, 1.165) is 0 Å². The van der Waals surface area contributed by atoms with Gasteiger partial charge < -0.3 is 15.4 Å². The molecule has 0 saturated heterocycles. The first-order chi connectivity index (χ1) is 5.72.